The van der Waals surface area contributed by atoms with Crippen LogP contribution in [0.15, 0.2) is 24.5 Å². The molecule has 2 bridgehead atoms. The van der Waals surface area contributed by atoms with Crippen LogP contribution >= 0.6 is 0 Å². The summed E-state index contributed by atoms with van der Waals surface area (Å²) in [6.07, 6.45) is 4.56. The van der Waals surface area contributed by atoms with E-state index < -0.39 is 0 Å². The molecule has 163 valence electrons. The van der Waals surface area contributed by atoms with Crippen molar-refractivity contribution < 1.29 is 5.11 Å². The van der Waals surface area contributed by atoms with Crippen LogP contribution in [0.3, 0.4) is 0 Å². The van der Waals surface area contributed by atoms with E-state index in [1.54, 1.807) is 0 Å². The topological polar surface area (TPSA) is 38.7 Å². The van der Waals surface area contributed by atoms with Gasteiger partial charge in [-0.2, -0.15) is 0 Å². The molecule has 4 nitrogen and oxygen atoms in total. The molecule has 2 unspecified atom stereocenters. The van der Waals surface area contributed by atoms with Gasteiger partial charge >= 0.3 is 0 Å². The number of benzene rings is 1. The van der Waals surface area contributed by atoms with Crippen molar-refractivity contribution in [1.82, 2.24) is 15.0 Å². The molecule has 0 spiro atoms. The van der Waals surface area contributed by atoms with E-state index in [4.69, 9.17) is 0 Å². The predicted octanol–water partition coefficient (Wildman–Crippen LogP) is 4.05. The minimum atomic E-state index is 0.0142. The summed E-state index contributed by atoms with van der Waals surface area (Å²) < 4.78 is 0. The summed E-state index contributed by atoms with van der Waals surface area (Å²) in [5, 5.41) is 14.1. The number of nitrogens with zero attached hydrogens (tertiary/aromatic N) is 2. The van der Waals surface area contributed by atoms with Gasteiger partial charge in [-0.15, -0.1) is 0 Å². The number of piperidine rings is 1. The molecule has 4 rings (SSSR count). The van der Waals surface area contributed by atoms with Crippen LogP contribution in [0.1, 0.15) is 56.7 Å². The van der Waals surface area contributed by atoms with E-state index in [0.29, 0.717) is 17.8 Å². The average molecular weight is 408 g/mol. The summed E-state index contributed by atoms with van der Waals surface area (Å²) in [5.41, 5.74) is 4.18. The lowest BCUT2D eigenvalue weighted by atomic mass is 9.36. The normalized spacial score (nSPS) is 34.5. The molecule has 3 aliphatic rings. The van der Waals surface area contributed by atoms with Crippen LogP contribution in [0.25, 0.3) is 0 Å². The highest BCUT2D eigenvalue weighted by atomic mass is 16.3. The summed E-state index contributed by atoms with van der Waals surface area (Å²) in [4.78, 5) is 4.98. The molecule has 1 radical (unpaired) electrons. The quantitative estimate of drug-likeness (QED) is 0.738. The third-order valence-corrected chi connectivity index (χ3v) is 9.52. The SMILES string of the molecule is C=C(N[B]C)N(C)C1CCC2(C)[C@H]3Cc4ccc(O)c(C)c4[C@@]2(CCN3C)C1(C)C. The number of likely N-dealkylation sites (tertiary alicyclic amines) is 1. The first-order valence-corrected chi connectivity index (χ1v) is 11.5. The Labute approximate surface area is 184 Å². The van der Waals surface area contributed by atoms with E-state index in [-0.39, 0.29) is 16.2 Å². The molecular formula is C25H39BN3O. The molecule has 2 N–H and O–H groups in total. The zero-order valence-corrected chi connectivity index (χ0v) is 20.0. The van der Waals surface area contributed by atoms with Gasteiger partial charge in [0.05, 0.1) is 5.82 Å². The molecule has 1 saturated heterocycles. The number of hydrogen-bond donors (Lipinski definition) is 2. The molecule has 1 aliphatic heterocycles. The van der Waals surface area contributed by atoms with Crippen molar-refractivity contribution in [3.63, 3.8) is 0 Å². The molecule has 2 fully saturated rings. The lowest BCUT2D eigenvalue weighted by Crippen LogP contribution is -2.74. The van der Waals surface area contributed by atoms with Crippen LogP contribution in [0, 0.1) is 17.8 Å². The van der Waals surface area contributed by atoms with E-state index in [1.807, 2.05) is 20.3 Å². The van der Waals surface area contributed by atoms with E-state index in [1.165, 1.54) is 17.5 Å². The number of fused-ring (bicyclic) bond motifs is 1. The molecule has 30 heavy (non-hydrogen) atoms. The highest BCUT2D eigenvalue weighted by Crippen LogP contribution is 2.70. The van der Waals surface area contributed by atoms with Gasteiger partial charge in [-0.3, -0.25) is 0 Å². The number of hydrogen-bond acceptors (Lipinski definition) is 4. The molecule has 4 atom stereocenters. The van der Waals surface area contributed by atoms with Crippen LogP contribution in [-0.4, -0.2) is 55.0 Å². The number of phenolic OH excluding ortho intramolecular Hbond substituents is 1. The summed E-state index contributed by atoms with van der Waals surface area (Å²) in [6.45, 7) is 17.1. The number of nitrogens with one attached hydrogen (secondary N) is 1. The zero-order chi connectivity index (χ0) is 22.1. The van der Waals surface area contributed by atoms with Crippen molar-refractivity contribution in [2.45, 2.75) is 77.7 Å². The minimum Gasteiger partial charge on any atom is -0.508 e. The summed E-state index contributed by atoms with van der Waals surface area (Å²) >= 11 is 0. The molecule has 1 saturated carbocycles. The first-order valence-electron chi connectivity index (χ1n) is 11.5. The van der Waals surface area contributed by atoms with E-state index >= 15 is 0 Å². The van der Waals surface area contributed by atoms with E-state index in [9.17, 15) is 5.11 Å². The molecule has 1 heterocycles. The Hall–Kier alpha value is -1.62. The summed E-state index contributed by atoms with van der Waals surface area (Å²) in [7, 11) is 6.46. The monoisotopic (exact) mass is 408 g/mol. The molecular weight excluding hydrogens is 369 g/mol. The molecule has 5 heteroatoms. The molecule has 1 aromatic rings. The van der Waals surface area contributed by atoms with E-state index in [2.05, 4.69) is 69.5 Å². The lowest BCUT2D eigenvalue weighted by molar-refractivity contribution is -0.159. The largest absolute Gasteiger partial charge is 0.508 e. The van der Waals surface area contributed by atoms with Gasteiger partial charge in [0, 0.05) is 24.5 Å². The zero-order valence-electron chi connectivity index (χ0n) is 20.0. The van der Waals surface area contributed by atoms with Crippen LogP contribution in [0.2, 0.25) is 6.82 Å². The molecule has 0 amide bonds. The van der Waals surface area contributed by atoms with Crippen molar-refractivity contribution in [2.75, 3.05) is 20.6 Å². The Balaban J connectivity index is 1.95. The minimum absolute atomic E-state index is 0.0142. The summed E-state index contributed by atoms with van der Waals surface area (Å²) in [5.74, 6) is 1.41. The van der Waals surface area contributed by atoms with Crippen LogP contribution in [-0.2, 0) is 11.8 Å². The first-order chi connectivity index (χ1) is 14.0. The van der Waals surface area contributed by atoms with Gasteiger partial charge in [-0.05, 0) is 79.8 Å². The van der Waals surface area contributed by atoms with Crippen molar-refractivity contribution in [3.8, 4) is 5.75 Å². The summed E-state index contributed by atoms with van der Waals surface area (Å²) in [6, 6.07) is 5.02. The van der Waals surface area contributed by atoms with Crippen molar-refractivity contribution in [1.29, 1.82) is 0 Å². The second kappa shape index (κ2) is 6.95. The van der Waals surface area contributed by atoms with Gasteiger partial charge in [0.15, 0.2) is 0 Å². The molecule has 0 aromatic heterocycles. The van der Waals surface area contributed by atoms with Gasteiger partial charge in [0.2, 0.25) is 7.41 Å². The van der Waals surface area contributed by atoms with Crippen LogP contribution in [0.4, 0.5) is 0 Å². The lowest BCUT2D eigenvalue weighted by Gasteiger charge is -2.72. The molecule has 1 aromatic carbocycles. The van der Waals surface area contributed by atoms with Crippen LogP contribution < -0.4 is 5.23 Å². The number of aromatic hydroxyl groups is 1. The third-order valence-electron chi connectivity index (χ3n) is 9.52. The fraction of sp³-hybridized carbons (Fsp3) is 0.680. The fourth-order valence-electron chi connectivity index (χ4n) is 8.05. The fourth-order valence-corrected chi connectivity index (χ4v) is 8.05. The third kappa shape index (κ3) is 2.51. The Bertz CT molecular complexity index is 868. The maximum Gasteiger partial charge on any atom is 0.240 e. The van der Waals surface area contributed by atoms with Gasteiger partial charge in [-0.1, -0.05) is 40.2 Å². The van der Waals surface area contributed by atoms with Crippen molar-refractivity contribution >= 4 is 7.41 Å². The van der Waals surface area contributed by atoms with Crippen LogP contribution in [0.5, 0.6) is 5.75 Å². The Morgan fingerprint density at radius 2 is 2.00 bits per heavy atom. The second-order valence-electron chi connectivity index (χ2n) is 10.8. The highest BCUT2D eigenvalue weighted by Gasteiger charge is 2.69. The number of phenols is 1. The van der Waals surface area contributed by atoms with E-state index in [0.717, 1.165) is 37.2 Å². The highest BCUT2D eigenvalue weighted by molar-refractivity contribution is 6.30. The first kappa shape index (κ1) is 21.6. The van der Waals surface area contributed by atoms with Gasteiger partial charge < -0.3 is 20.1 Å². The van der Waals surface area contributed by atoms with Gasteiger partial charge in [0.1, 0.15) is 5.75 Å². The Morgan fingerprint density at radius 1 is 1.30 bits per heavy atom. The maximum absolute atomic E-state index is 10.7. The van der Waals surface area contributed by atoms with Crippen molar-refractivity contribution in [2.24, 2.45) is 10.8 Å². The smallest absolute Gasteiger partial charge is 0.240 e. The molecule has 2 aliphatic carbocycles. The number of rotatable bonds is 4. The standard InChI is InChI=1S/C25H39BN3O/c1-16-19(30)10-9-18-15-21-24(5)12-11-20(29(8)17(2)27-26-6)23(3,4)25(24,22(16)18)13-14-28(21)7/h9-10,20-21,27,30H,2,11-15H2,1,3-8H3/t20?,21-,24?,25+/m1/s1. The maximum atomic E-state index is 10.7. The van der Waals surface area contributed by atoms with Gasteiger partial charge in [0.25, 0.3) is 0 Å². The van der Waals surface area contributed by atoms with Gasteiger partial charge in [-0.25, -0.2) is 0 Å². The number of likely N-dealkylation sites (N-methyl/N-ethyl adjacent to an activating group) is 1. The Kier molecular flexibility index (Phi) is 5.00. The van der Waals surface area contributed by atoms with Crippen molar-refractivity contribution in [3.05, 3.63) is 41.2 Å². The Morgan fingerprint density at radius 3 is 2.67 bits per heavy atom. The second-order valence-corrected chi connectivity index (χ2v) is 10.8. The average Bonchev–Trinajstić information content (AvgIpc) is 2.67. The predicted molar refractivity (Wildman–Crippen MR) is 126 cm³/mol.